The molecule has 49 heavy (non-hydrogen) atoms. The molecule has 0 bridgehead atoms. The smallest absolute Gasteiger partial charge is 0.362 e. The maximum absolute atomic E-state index is 12.6. The summed E-state index contributed by atoms with van der Waals surface area (Å²) in [5, 5.41) is 9.55. The molecule has 0 saturated heterocycles. The van der Waals surface area contributed by atoms with Gasteiger partial charge in [-0.25, -0.2) is 4.79 Å². The summed E-state index contributed by atoms with van der Waals surface area (Å²) >= 11 is 0. The Labute approximate surface area is 301 Å². The van der Waals surface area contributed by atoms with Crippen LogP contribution in [0.1, 0.15) is 168 Å². The standard InChI is InChI=1S/C41H75NO7/c1-6-8-10-12-13-14-15-16-17-18-19-20-21-22-23-24-25-26-27-28-30-32-40(44)49-37(36-48-39(43)31-29-11-9-7-2)35-47-34-33-38(41(45)46)42(3,4)5/h15-16,18-19,37-38H,6-14,17,20-36H2,1-5H3/p+1/b16-15-,19-18-. The van der Waals surface area contributed by atoms with E-state index in [0.29, 0.717) is 19.3 Å². The second-order valence-electron chi connectivity index (χ2n) is 14.5. The Morgan fingerprint density at radius 3 is 1.59 bits per heavy atom. The third-order valence-electron chi connectivity index (χ3n) is 8.85. The van der Waals surface area contributed by atoms with Crippen LogP contribution in [0.25, 0.3) is 0 Å². The average Bonchev–Trinajstić information content (AvgIpc) is 3.05. The van der Waals surface area contributed by atoms with Crippen LogP contribution in [0.2, 0.25) is 0 Å². The van der Waals surface area contributed by atoms with E-state index in [1.54, 1.807) is 0 Å². The molecular formula is C41H76NO7+. The second kappa shape index (κ2) is 33.0. The maximum Gasteiger partial charge on any atom is 0.362 e. The lowest BCUT2D eigenvalue weighted by atomic mass is 10.1. The Kier molecular flexibility index (Phi) is 31.5. The largest absolute Gasteiger partial charge is 0.477 e. The SMILES string of the molecule is CCCCCCC/C=C\C/C=C\CCCCCCCCCCCC(=O)OC(COCCC(C(=O)O)[N+](C)(C)C)COC(=O)CCCCCC. The van der Waals surface area contributed by atoms with Gasteiger partial charge in [-0.3, -0.25) is 9.59 Å². The highest BCUT2D eigenvalue weighted by Crippen LogP contribution is 2.14. The molecule has 0 aromatic carbocycles. The van der Waals surface area contributed by atoms with Crippen LogP contribution in [0, 0.1) is 0 Å². The number of carbonyl (C=O) groups excluding carboxylic acids is 2. The molecule has 2 unspecified atom stereocenters. The van der Waals surface area contributed by atoms with Crippen LogP contribution in [-0.2, 0) is 28.6 Å². The van der Waals surface area contributed by atoms with Gasteiger partial charge in [0.2, 0.25) is 0 Å². The van der Waals surface area contributed by atoms with Crippen molar-refractivity contribution < 1.29 is 38.2 Å². The summed E-state index contributed by atoms with van der Waals surface area (Å²) in [7, 11) is 5.50. The van der Waals surface area contributed by atoms with Gasteiger partial charge < -0.3 is 23.8 Å². The molecule has 1 N–H and O–H groups in total. The molecule has 0 amide bonds. The van der Waals surface area contributed by atoms with E-state index in [-0.39, 0.29) is 36.2 Å². The molecule has 0 saturated carbocycles. The van der Waals surface area contributed by atoms with E-state index in [4.69, 9.17) is 14.2 Å². The Balaban J connectivity index is 4.13. The molecule has 8 nitrogen and oxygen atoms in total. The van der Waals surface area contributed by atoms with Gasteiger partial charge in [0.05, 0.1) is 34.4 Å². The van der Waals surface area contributed by atoms with Gasteiger partial charge in [-0.2, -0.15) is 0 Å². The zero-order chi connectivity index (χ0) is 36.4. The number of allylic oxidation sites excluding steroid dienone is 4. The quantitative estimate of drug-likeness (QED) is 0.0305. The average molecular weight is 695 g/mol. The molecule has 0 aromatic rings. The van der Waals surface area contributed by atoms with Crippen LogP contribution >= 0.6 is 0 Å². The van der Waals surface area contributed by atoms with Crippen LogP contribution in [0.4, 0.5) is 0 Å². The fourth-order valence-corrected chi connectivity index (χ4v) is 5.71. The number of aliphatic carboxylic acids is 1. The predicted molar refractivity (Wildman–Crippen MR) is 202 cm³/mol. The minimum absolute atomic E-state index is 0.0526. The fourth-order valence-electron chi connectivity index (χ4n) is 5.71. The van der Waals surface area contributed by atoms with Gasteiger partial charge in [0.15, 0.2) is 12.1 Å². The minimum Gasteiger partial charge on any atom is -0.477 e. The van der Waals surface area contributed by atoms with Crippen LogP contribution in [0.3, 0.4) is 0 Å². The Morgan fingerprint density at radius 2 is 1.08 bits per heavy atom. The van der Waals surface area contributed by atoms with Crippen molar-refractivity contribution >= 4 is 17.9 Å². The second-order valence-corrected chi connectivity index (χ2v) is 14.5. The van der Waals surface area contributed by atoms with Crippen molar-refractivity contribution in [2.75, 3.05) is 41.0 Å². The Hall–Kier alpha value is -2.19. The highest BCUT2D eigenvalue weighted by Gasteiger charge is 2.31. The van der Waals surface area contributed by atoms with Gasteiger partial charge >= 0.3 is 17.9 Å². The number of rotatable bonds is 35. The Bertz CT molecular complexity index is 864. The lowest BCUT2D eigenvalue weighted by Crippen LogP contribution is -2.50. The first-order chi connectivity index (χ1) is 23.6. The number of unbranched alkanes of at least 4 members (excludes halogenated alkanes) is 17. The Morgan fingerprint density at radius 1 is 0.612 bits per heavy atom. The molecule has 0 aliphatic heterocycles. The summed E-state index contributed by atoms with van der Waals surface area (Å²) < 4.78 is 17.0. The fraction of sp³-hybridized carbons (Fsp3) is 0.829. The molecular weight excluding hydrogens is 618 g/mol. The van der Waals surface area contributed by atoms with Gasteiger partial charge in [-0.05, 0) is 44.9 Å². The predicted octanol–water partition coefficient (Wildman–Crippen LogP) is 10.1. The molecule has 0 heterocycles. The lowest BCUT2D eigenvalue weighted by Gasteiger charge is -2.31. The molecule has 0 aliphatic carbocycles. The molecule has 0 aliphatic rings. The van der Waals surface area contributed by atoms with Gasteiger partial charge in [-0.15, -0.1) is 0 Å². The number of nitrogens with zero attached hydrogens (tertiary/aromatic N) is 1. The number of likely N-dealkylation sites (N-methyl/N-ethyl adjacent to an activating group) is 1. The summed E-state index contributed by atoms with van der Waals surface area (Å²) in [6, 6.07) is -0.610. The number of carboxylic acid groups (broad SMARTS) is 1. The number of hydrogen-bond acceptors (Lipinski definition) is 6. The molecule has 0 spiro atoms. The molecule has 286 valence electrons. The van der Waals surface area contributed by atoms with Gasteiger partial charge in [0.1, 0.15) is 6.61 Å². The van der Waals surface area contributed by atoms with Gasteiger partial charge in [0, 0.05) is 19.3 Å². The highest BCUT2D eigenvalue weighted by atomic mass is 16.6. The third-order valence-corrected chi connectivity index (χ3v) is 8.85. The van der Waals surface area contributed by atoms with E-state index in [1.165, 1.54) is 83.5 Å². The molecule has 0 aromatic heterocycles. The van der Waals surface area contributed by atoms with Crippen molar-refractivity contribution in [2.45, 2.75) is 180 Å². The van der Waals surface area contributed by atoms with Crippen molar-refractivity contribution in [3.63, 3.8) is 0 Å². The van der Waals surface area contributed by atoms with Crippen LogP contribution < -0.4 is 0 Å². The molecule has 0 radical (unpaired) electrons. The van der Waals surface area contributed by atoms with Crippen molar-refractivity contribution in [3.05, 3.63) is 24.3 Å². The summed E-state index contributed by atoms with van der Waals surface area (Å²) in [6.45, 7) is 4.60. The minimum atomic E-state index is -0.878. The summed E-state index contributed by atoms with van der Waals surface area (Å²) in [5.41, 5.74) is 0. The number of esters is 2. The van der Waals surface area contributed by atoms with Crippen molar-refractivity contribution in [1.29, 1.82) is 0 Å². The maximum atomic E-state index is 12.6. The van der Waals surface area contributed by atoms with E-state index in [0.717, 1.165) is 51.4 Å². The number of ether oxygens (including phenoxy) is 3. The van der Waals surface area contributed by atoms with Crippen molar-refractivity contribution in [2.24, 2.45) is 0 Å². The monoisotopic (exact) mass is 695 g/mol. The third kappa shape index (κ3) is 31.5. The van der Waals surface area contributed by atoms with Crippen LogP contribution in [0.5, 0.6) is 0 Å². The number of carboxylic acids is 1. The first-order valence-corrected chi connectivity index (χ1v) is 19.9. The zero-order valence-electron chi connectivity index (χ0n) is 32.4. The summed E-state index contributed by atoms with van der Waals surface area (Å²) in [5.74, 6) is -1.49. The van der Waals surface area contributed by atoms with Crippen LogP contribution in [0.15, 0.2) is 24.3 Å². The van der Waals surface area contributed by atoms with Crippen molar-refractivity contribution in [3.8, 4) is 0 Å². The topological polar surface area (TPSA) is 99.1 Å². The highest BCUT2D eigenvalue weighted by molar-refractivity contribution is 5.72. The normalized spacial score (nSPS) is 13.2. The van der Waals surface area contributed by atoms with E-state index in [9.17, 15) is 19.5 Å². The van der Waals surface area contributed by atoms with E-state index >= 15 is 0 Å². The molecule has 8 heteroatoms. The lowest BCUT2D eigenvalue weighted by molar-refractivity contribution is -0.887. The van der Waals surface area contributed by atoms with E-state index in [2.05, 4.69) is 38.2 Å². The number of carbonyl (C=O) groups is 3. The van der Waals surface area contributed by atoms with E-state index in [1.807, 2.05) is 21.1 Å². The number of hydrogen-bond donors (Lipinski definition) is 1. The molecule has 0 rings (SSSR count). The first kappa shape index (κ1) is 46.8. The summed E-state index contributed by atoms with van der Waals surface area (Å²) in [6.07, 6.45) is 34.1. The molecule has 0 fully saturated rings. The van der Waals surface area contributed by atoms with E-state index < -0.39 is 18.1 Å². The van der Waals surface area contributed by atoms with Crippen molar-refractivity contribution in [1.82, 2.24) is 0 Å². The first-order valence-electron chi connectivity index (χ1n) is 19.9. The summed E-state index contributed by atoms with van der Waals surface area (Å²) in [4.78, 5) is 36.4. The van der Waals surface area contributed by atoms with Gasteiger partial charge in [-0.1, -0.05) is 128 Å². The number of quaternary nitrogens is 1. The van der Waals surface area contributed by atoms with Crippen LogP contribution in [-0.4, -0.2) is 80.6 Å². The zero-order valence-corrected chi connectivity index (χ0v) is 32.4. The molecule has 2 atom stereocenters. The van der Waals surface area contributed by atoms with Gasteiger partial charge in [0.25, 0.3) is 0 Å².